The van der Waals surface area contributed by atoms with E-state index in [1.54, 1.807) is 6.92 Å². The molecule has 0 spiro atoms. The van der Waals surface area contributed by atoms with E-state index in [0.717, 1.165) is 50.5 Å². The summed E-state index contributed by atoms with van der Waals surface area (Å²) in [6.45, 7) is 7.54. The summed E-state index contributed by atoms with van der Waals surface area (Å²) >= 11 is 0. The summed E-state index contributed by atoms with van der Waals surface area (Å²) in [7, 11) is 0. The zero-order chi connectivity index (χ0) is 17.5. The molecule has 25 heavy (non-hydrogen) atoms. The Morgan fingerprint density at radius 3 is 2.52 bits per heavy atom. The summed E-state index contributed by atoms with van der Waals surface area (Å²) in [5, 5.41) is 0. The molecule has 2 aromatic rings. The maximum absolute atomic E-state index is 11.3. The molecule has 5 heteroatoms. The van der Waals surface area contributed by atoms with Crippen molar-refractivity contribution in [2.45, 2.75) is 13.3 Å². The molecule has 1 aliphatic heterocycles. The predicted octanol–water partition coefficient (Wildman–Crippen LogP) is 2.88. The second kappa shape index (κ2) is 8.62. The van der Waals surface area contributed by atoms with Crippen molar-refractivity contribution in [3.05, 3.63) is 54.4 Å². The summed E-state index contributed by atoms with van der Waals surface area (Å²) in [6, 6.07) is 11.5. The molecule has 0 atom stereocenters. The van der Waals surface area contributed by atoms with Crippen LogP contribution in [0, 0.1) is 0 Å². The van der Waals surface area contributed by atoms with Crippen LogP contribution >= 0.6 is 0 Å². The first kappa shape index (κ1) is 17.4. The highest BCUT2D eigenvalue weighted by Gasteiger charge is 2.16. The van der Waals surface area contributed by atoms with Crippen LogP contribution in [0.5, 0.6) is 5.75 Å². The number of pyridine rings is 1. The highest BCUT2D eigenvalue weighted by Crippen LogP contribution is 2.15. The largest absolute Gasteiger partial charge is 0.494 e. The molecule has 2 heterocycles. The number of rotatable bonds is 7. The second-order valence-electron chi connectivity index (χ2n) is 6.32. The number of ether oxygens (including phenoxy) is 1. The fourth-order valence-corrected chi connectivity index (χ4v) is 3.03. The molecule has 0 aliphatic carbocycles. The predicted molar refractivity (Wildman–Crippen MR) is 99.4 cm³/mol. The maximum atomic E-state index is 11.3. The van der Waals surface area contributed by atoms with Crippen LogP contribution in [0.25, 0.3) is 0 Å². The number of aromatic nitrogens is 1. The van der Waals surface area contributed by atoms with E-state index in [1.807, 2.05) is 42.7 Å². The topological polar surface area (TPSA) is 45.7 Å². The molecule has 0 radical (unpaired) electrons. The lowest BCUT2D eigenvalue weighted by Gasteiger charge is -2.35. The summed E-state index contributed by atoms with van der Waals surface area (Å²) in [6.07, 6.45) is 4.75. The number of hydrogen-bond acceptors (Lipinski definition) is 5. The lowest BCUT2D eigenvalue weighted by molar-refractivity contribution is 0.101. The van der Waals surface area contributed by atoms with Crippen LogP contribution in [0.2, 0.25) is 0 Å². The quantitative estimate of drug-likeness (QED) is 0.573. The minimum Gasteiger partial charge on any atom is -0.494 e. The number of hydrogen-bond donors (Lipinski definition) is 0. The van der Waals surface area contributed by atoms with Gasteiger partial charge in [0.2, 0.25) is 0 Å². The van der Waals surface area contributed by atoms with Crippen LogP contribution in [-0.2, 0) is 0 Å². The maximum Gasteiger partial charge on any atom is 0.159 e. The van der Waals surface area contributed by atoms with Crippen LogP contribution in [0.3, 0.4) is 0 Å². The number of nitrogens with zero attached hydrogens (tertiary/aromatic N) is 3. The molecule has 1 aromatic carbocycles. The van der Waals surface area contributed by atoms with Gasteiger partial charge in [-0.25, -0.2) is 0 Å². The van der Waals surface area contributed by atoms with Crippen molar-refractivity contribution in [3.63, 3.8) is 0 Å². The van der Waals surface area contributed by atoms with Crippen LogP contribution in [0.15, 0.2) is 48.8 Å². The van der Waals surface area contributed by atoms with E-state index in [4.69, 9.17) is 4.74 Å². The van der Waals surface area contributed by atoms with Crippen molar-refractivity contribution >= 4 is 11.5 Å². The van der Waals surface area contributed by atoms with Crippen LogP contribution in [0.1, 0.15) is 23.7 Å². The first-order chi connectivity index (χ1) is 12.2. The van der Waals surface area contributed by atoms with Crippen molar-refractivity contribution in [3.8, 4) is 5.75 Å². The van der Waals surface area contributed by atoms with Crippen molar-refractivity contribution in [2.24, 2.45) is 0 Å². The zero-order valence-electron chi connectivity index (χ0n) is 14.7. The molecule has 0 bridgehead atoms. The molecule has 3 rings (SSSR count). The molecule has 0 N–H and O–H groups in total. The Bertz CT molecular complexity index is 665. The lowest BCUT2D eigenvalue weighted by Crippen LogP contribution is -2.46. The van der Waals surface area contributed by atoms with Gasteiger partial charge < -0.3 is 9.64 Å². The first-order valence-corrected chi connectivity index (χ1v) is 8.83. The molecule has 1 fully saturated rings. The number of piperazine rings is 1. The number of Topliss-reactive ketones (excluding diaryl/α,β-unsaturated/α-hetero) is 1. The number of anilines is 1. The van der Waals surface area contributed by atoms with E-state index in [0.29, 0.717) is 6.61 Å². The van der Waals surface area contributed by atoms with Gasteiger partial charge in [0.25, 0.3) is 0 Å². The second-order valence-corrected chi connectivity index (χ2v) is 6.32. The molecule has 0 amide bonds. The van der Waals surface area contributed by atoms with Gasteiger partial charge in [0, 0.05) is 44.5 Å². The number of benzene rings is 1. The Balaban J connectivity index is 1.34. The van der Waals surface area contributed by atoms with Gasteiger partial charge in [-0.3, -0.25) is 14.7 Å². The van der Waals surface area contributed by atoms with Gasteiger partial charge in [0.1, 0.15) is 5.75 Å². The first-order valence-electron chi connectivity index (χ1n) is 8.83. The molecule has 0 unspecified atom stereocenters. The Morgan fingerprint density at radius 2 is 1.88 bits per heavy atom. The third-order valence-electron chi connectivity index (χ3n) is 4.53. The Hall–Kier alpha value is -2.40. The zero-order valence-corrected chi connectivity index (χ0v) is 14.7. The fourth-order valence-electron chi connectivity index (χ4n) is 3.03. The Labute approximate surface area is 149 Å². The SMILES string of the molecule is CC(=O)c1ccc(OCCCN2CCN(c3cccnc3)CC2)cc1. The molecule has 1 aromatic heterocycles. The van der Waals surface area contributed by atoms with Gasteiger partial charge in [-0.05, 0) is 49.7 Å². The Morgan fingerprint density at radius 1 is 1.12 bits per heavy atom. The van der Waals surface area contributed by atoms with Crippen LogP contribution in [-0.4, -0.2) is 55.0 Å². The van der Waals surface area contributed by atoms with Crippen LogP contribution in [0.4, 0.5) is 5.69 Å². The summed E-state index contributed by atoms with van der Waals surface area (Å²) in [5.74, 6) is 0.906. The van der Waals surface area contributed by atoms with E-state index in [2.05, 4.69) is 20.9 Å². The molecular weight excluding hydrogens is 314 g/mol. The summed E-state index contributed by atoms with van der Waals surface area (Å²) in [4.78, 5) is 20.3. The van der Waals surface area contributed by atoms with Gasteiger partial charge in [-0.1, -0.05) is 0 Å². The van der Waals surface area contributed by atoms with Gasteiger partial charge in [-0.2, -0.15) is 0 Å². The van der Waals surface area contributed by atoms with Crippen molar-refractivity contribution < 1.29 is 9.53 Å². The Kier molecular flexibility index (Phi) is 6.01. The average molecular weight is 339 g/mol. The van der Waals surface area contributed by atoms with E-state index in [1.165, 1.54) is 5.69 Å². The minimum atomic E-state index is 0.0805. The molecule has 0 saturated carbocycles. The molecular formula is C20H25N3O2. The fraction of sp³-hybridized carbons (Fsp3) is 0.400. The highest BCUT2D eigenvalue weighted by atomic mass is 16.5. The lowest BCUT2D eigenvalue weighted by atomic mass is 10.1. The number of carbonyl (C=O) groups is 1. The van der Waals surface area contributed by atoms with E-state index in [-0.39, 0.29) is 5.78 Å². The number of carbonyl (C=O) groups excluding carboxylic acids is 1. The molecule has 1 aliphatic rings. The van der Waals surface area contributed by atoms with Crippen molar-refractivity contribution in [1.29, 1.82) is 0 Å². The van der Waals surface area contributed by atoms with E-state index < -0.39 is 0 Å². The van der Waals surface area contributed by atoms with Crippen molar-refractivity contribution in [2.75, 3.05) is 44.2 Å². The minimum absolute atomic E-state index is 0.0805. The third-order valence-corrected chi connectivity index (χ3v) is 4.53. The van der Waals surface area contributed by atoms with Gasteiger partial charge in [-0.15, -0.1) is 0 Å². The molecule has 5 nitrogen and oxygen atoms in total. The average Bonchev–Trinajstić information content (AvgIpc) is 2.67. The van der Waals surface area contributed by atoms with Crippen molar-refractivity contribution in [1.82, 2.24) is 9.88 Å². The summed E-state index contributed by atoms with van der Waals surface area (Å²) < 4.78 is 5.77. The monoisotopic (exact) mass is 339 g/mol. The third kappa shape index (κ3) is 5.03. The van der Waals surface area contributed by atoms with Gasteiger partial charge in [0.15, 0.2) is 5.78 Å². The van der Waals surface area contributed by atoms with E-state index in [9.17, 15) is 4.79 Å². The normalized spacial score (nSPS) is 15.2. The van der Waals surface area contributed by atoms with E-state index >= 15 is 0 Å². The van der Waals surface area contributed by atoms with Gasteiger partial charge in [0.05, 0.1) is 18.5 Å². The van der Waals surface area contributed by atoms with Crippen LogP contribution < -0.4 is 9.64 Å². The standard InChI is InChI=1S/C20H25N3O2/c1-17(24)18-5-7-20(8-6-18)25-15-3-10-22-11-13-23(14-12-22)19-4-2-9-21-16-19/h2,4-9,16H,3,10-15H2,1H3. The molecule has 1 saturated heterocycles. The highest BCUT2D eigenvalue weighted by molar-refractivity contribution is 5.94. The van der Waals surface area contributed by atoms with Gasteiger partial charge >= 0.3 is 0 Å². The smallest absolute Gasteiger partial charge is 0.159 e. The summed E-state index contributed by atoms with van der Waals surface area (Å²) in [5.41, 5.74) is 1.93. The molecule has 132 valence electrons. The number of ketones is 1.